The second kappa shape index (κ2) is 10.6. The second-order valence-electron chi connectivity index (χ2n) is 6.63. The zero-order valence-electron chi connectivity index (χ0n) is 17.8. The molecular formula is C25H19FN2O5. The molecule has 0 radical (unpaired) electrons. The number of hydrogen-bond acceptors (Lipinski definition) is 6. The Balaban J connectivity index is 1.80. The van der Waals surface area contributed by atoms with Crippen LogP contribution >= 0.6 is 0 Å². The highest BCUT2D eigenvalue weighted by molar-refractivity contribution is 6.10. The van der Waals surface area contributed by atoms with Crippen molar-refractivity contribution in [1.29, 1.82) is 5.26 Å². The third-order valence-electron chi connectivity index (χ3n) is 4.50. The molecule has 33 heavy (non-hydrogen) atoms. The molecule has 0 unspecified atom stereocenters. The Bertz CT molecular complexity index is 1250. The molecule has 3 rings (SSSR count). The fraction of sp³-hybridized carbons (Fsp3) is 0.0800. The number of amides is 1. The quantitative estimate of drug-likeness (QED) is 0.246. The molecule has 0 fully saturated rings. The van der Waals surface area contributed by atoms with Gasteiger partial charge in [-0.3, -0.25) is 4.79 Å². The lowest BCUT2D eigenvalue weighted by Gasteiger charge is -2.11. The van der Waals surface area contributed by atoms with E-state index in [1.54, 1.807) is 30.3 Å². The Kier molecular flexibility index (Phi) is 7.39. The molecule has 0 aromatic heterocycles. The van der Waals surface area contributed by atoms with Gasteiger partial charge in [-0.2, -0.15) is 5.26 Å². The maximum atomic E-state index is 13.1. The summed E-state index contributed by atoms with van der Waals surface area (Å²) in [5.74, 6) is -0.985. The zero-order chi connectivity index (χ0) is 23.8. The van der Waals surface area contributed by atoms with Gasteiger partial charge in [0, 0.05) is 0 Å². The van der Waals surface area contributed by atoms with Gasteiger partial charge >= 0.3 is 5.97 Å². The van der Waals surface area contributed by atoms with Gasteiger partial charge in [0.2, 0.25) is 0 Å². The molecule has 0 saturated carbocycles. The van der Waals surface area contributed by atoms with E-state index in [9.17, 15) is 19.2 Å². The number of nitrogens with one attached hydrogen (secondary N) is 1. The SMILES string of the molecule is COc1ccccc1NC(=O)/C(C#N)=C/c1ccc(OC(=O)c2ccc(F)cc2)c(OC)c1. The van der Waals surface area contributed by atoms with Crippen molar-refractivity contribution < 1.29 is 28.2 Å². The molecule has 0 atom stereocenters. The van der Waals surface area contributed by atoms with E-state index in [1.165, 1.54) is 44.6 Å². The summed E-state index contributed by atoms with van der Waals surface area (Å²) in [5.41, 5.74) is 0.910. The summed E-state index contributed by atoms with van der Waals surface area (Å²) in [6, 6.07) is 18.2. The molecule has 7 nitrogen and oxygen atoms in total. The largest absolute Gasteiger partial charge is 0.495 e. The van der Waals surface area contributed by atoms with E-state index in [0.717, 1.165) is 12.1 Å². The Morgan fingerprint density at radius 1 is 0.939 bits per heavy atom. The normalized spacial score (nSPS) is 10.7. The molecule has 0 aliphatic heterocycles. The number of esters is 1. The van der Waals surface area contributed by atoms with Crippen molar-refractivity contribution in [3.05, 3.63) is 89.2 Å². The molecule has 0 aliphatic rings. The van der Waals surface area contributed by atoms with Crippen LogP contribution < -0.4 is 19.5 Å². The van der Waals surface area contributed by atoms with Gasteiger partial charge in [-0.25, -0.2) is 9.18 Å². The average molecular weight is 446 g/mol. The Morgan fingerprint density at radius 3 is 2.30 bits per heavy atom. The third kappa shape index (κ3) is 5.74. The van der Waals surface area contributed by atoms with Crippen LogP contribution in [0, 0.1) is 17.1 Å². The van der Waals surface area contributed by atoms with Crippen molar-refractivity contribution >= 4 is 23.6 Å². The summed E-state index contributed by atoms with van der Waals surface area (Å²) in [6.07, 6.45) is 1.37. The summed E-state index contributed by atoms with van der Waals surface area (Å²) in [5, 5.41) is 12.1. The molecule has 1 amide bonds. The first-order valence-electron chi connectivity index (χ1n) is 9.67. The summed E-state index contributed by atoms with van der Waals surface area (Å²) in [4.78, 5) is 24.9. The molecule has 1 N–H and O–H groups in total. The summed E-state index contributed by atoms with van der Waals surface area (Å²) < 4.78 is 28.9. The van der Waals surface area contributed by atoms with E-state index in [1.807, 2.05) is 6.07 Å². The lowest BCUT2D eigenvalue weighted by Crippen LogP contribution is -2.14. The molecule has 3 aromatic rings. The van der Waals surface area contributed by atoms with Gasteiger partial charge in [-0.1, -0.05) is 18.2 Å². The minimum absolute atomic E-state index is 0.126. The Hall–Kier alpha value is -4.64. The van der Waals surface area contributed by atoms with Gasteiger partial charge in [0.05, 0.1) is 25.5 Å². The number of methoxy groups -OCH3 is 2. The molecule has 0 spiro atoms. The van der Waals surface area contributed by atoms with Crippen LogP contribution in [0.3, 0.4) is 0 Å². The topological polar surface area (TPSA) is 97.6 Å². The van der Waals surface area contributed by atoms with E-state index in [2.05, 4.69) is 5.32 Å². The van der Waals surface area contributed by atoms with Gasteiger partial charge in [-0.15, -0.1) is 0 Å². The molecule has 8 heteroatoms. The number of halogens is 1. The summed E-state index contributed by atoms with van der Waals surface area (Å²) in [7, 11) is 2.86. The van der Waals surface area contributed by atoms with E-state index in [-0.39, 0.29) is 22.6 Å². The molecule has 0 aliphatic carbocycles. The van der Waals surface area contributed by atoms with Gasteiger partial charge in [0.1, 0.15) is 23.2 Å². The van der Waals surface area contributed by atoms with Gasteiger partial charge in [0.15, 0.2) is 11.5 Å². The average Bonchev–Trinajstić information content (AvgIpc) is 2.83. The van der Waals surface area contributed by atoms with Crippen molar-refractivity contribution in [3.8, 4) is 23.3 Å². The summed E-state index contributed by atoms with van der Waals surface area (Å²) >= 11 is 0. The number of carbonyl (C=O) groups excluding carboxylic acids is 2. The molecule has 3 aromatic carbocycles. The number of hydrogen-bond donors (Lipinski definition) is 1. The van der Waals surface area contributed by atoms with Crippen LogP contribution in [-0.4, -0.2) is 26.1 Å². The highest BCUT2D eigenvalue weighted by Gasteiger charge is 2.15. The molecule has 0 bridgehead atoms. The highest BCUT2D eigenvalue weighted by Crippen LogP contribution is 2.30. The van der Waals surface area contributed by atoms with Crippen molar-refractivity contribution in [2.75, 3.05) is 19.5 Å². The van der Waals surface area contributed by atoms with Crippen LogP contribution in [0.1, 0.15) is 15.9 Å². The molecule has 0 saturated heterocycles. The fourth-order valence-corrected chi connectivity index (χ4v) is 2.86. The van der Waals surface area contributed by atoms with Crippen molar-refractivity contribution in [2.45, 2.75) is 0 Å². The second-order valence-corrected chi connectivity index (χ2v) is 6.63. The molecule has 166 valence electrons. The maximum Gasteiger partial charge on any atom is 0.343 e. The minimum Gasteiger partial charge on any atom is -0.495 e. The third-order valence-corrected chi connectivity index (χ3v) is 4.50. The van der Waals surface area contributed by atoms with Crippen LogP contribution in [0.15, 0.2) is 72.3 Å². The van der Waals surface area contributed by atoms with Crippen LogP contribution in [0.5, 0.6) is 17.2 Å². The number of nitrogens with zero attached hydrogens (tertiary/aromatic N) is 1. The van der Waals surface area contributed by atoms with Crippen LogP contribution in [0.25, 0.3) is 6.08 Å². The minimum atomic E-state index is -0.689. The first-order valence-corrected chi connectivity index (χ1v) is 9.67. The Morgan fingerprint density at radius 2 is 1.64 bits per heavy atom. The predicted molar refractivity (Wildman–Crippen MR) is 120 cm³/mol. The number of nitriles is 1. The smallest absolute Gasteiger partial charge is 0.343 e. The fourth-order valence-electron chi connectivity index (χ4n) is 2.86. The van der Waals surface area contributed by atoms with Gasteiger partial charge < -0.3 is 19.5 Å². The number of ether oxygens (including phenoxy) is 3. The van der Waals surface area contributed by atoms with Crippen molar-refractivity contribution in [3.63, 3.8) is 0 Å². The molecule has 0 heterocycles. The monoisotopic (exact) mass is 446 g/mol. The van der Waals surface area contributed by atoms with Crippen LogP contribution in [-0.2, 0) is 4.79 Å². The first kappa shape index (κ1) is 23.0. The van der Waals surface area contributed by atoms with Gasteiger partial charge in [0.25, 0.3) is 5.91 Å². The van der Waals surface area contributed by atoms with Crippen LogP contribution in [0.4, 0.5) is 10.1 Å². The molecular weight excluding hydrogens is 427 g/mol. The number of rotatable bonds is 7. The first-order chi connectivity index (χ1) is 15.9. The van der Waals surface area contributed by atoms with E-state index < -0.39 is 17.7 Å². The number of benzene rings is 3. The predicted octanol–water partition coefficient (Wildman–Crippen LogP) is 4.61. The zero-order valence-corrected chi connectivity index (χ0v) is 17.8. The van der Waals surface area contributed by atoms with E-state index >= 15 is 0 Å². The van der Waals surface area contributed by atoms with Crippen molar-refractivity contribution in [2.24, 2.45) is 0 Å². The lowest BCUT2D eigenvalue weighted by molar-refractivity contribution is -0.112. The lowest BCUT2D eigenvalue weighted by atomic mass is 10.1. The standard InChI is InChI=1S/C25H19FN2O5/c1-31-21-6-4-3-5-20(21)28-24(29)18(15-27)13-16-7-12-22(23(14-16)32-2)33-25(30)17-8-10-19(26)11-9-17/h3-14H,1-2H3,(H,28,29)/b18-13+. The van der Waals surface area contributed by atoms with Crippen molar-refractivity contribution in [1.82, 2.24) is 0 Å². The Labute approximate surface area is 189 Å². The number of carbonyl (C=O) groups is 2. The number of para-hydroxylation sites is 2. The van der Waals surface area contributed by atoms with Crippen LogP contribution in [0.2, 0.25) is 0 Å². The van der Waals surface area contributed by atoms with Gasteiger partial charge in [-0.05, 0) is 60.2 Å². The highest BCUT2D eigenvalue weighted by atomic mass is 19.1. The van der Waals surface area contributed by atoms with E-state index in [0.29, 0.717) is 17.0 Å². The van der Waals surface area contributed by atoms with E-state index in [4.69, 9.17) is 14.2 Å². The maximum absolute atomic E-state index is 13.1. The summed E-state index contributed by atoms with van der Waals surface area (Å²) in [6.45, 7) is 0. The number of anilines is 1.